The summed E-state index contributed by atoms with van der Waals surface area (Å²) in [4.78, 5) is 15.4. The number of carboxylic acids is 1. The van der Waals surface area contributed by atoms with Gasteiger partial charge in [-0.15, -0.1) is 0 Å². The van der Waals surface area contributed by atoms with Crippen LogP contribution in [-0.4, -0.2) is 31.4 Å². The van der Waals surface area contributed by atoms with E-state index in [9.17, 15) is 18.7 Å². The molecule has 24 heavy (non-hydrogen) atoms. The lowest BCUT2D eigenvalue weighted by Gasteiger charge is -2.19. The maximum atomic E-state index is 11.3. The Morgan fingerprint density at radius 1 is 1.38 bits per heavy atom. The minimum absolute atomic E-state index is 0.00501. The number of anilines is 2. The number of carboxylic acid groups (broad SMARTS) is 1. The minimum Gasteiger partial charge on any atom is -0.755 e. The van der Waals surface area contributed by atoms with Crippen LogP contribution >= 0.6 is 0 Å². The molecule has 0 bridgehead atoms. The van der Waals surface area contributed by atoms with Crippen LogP contribution in [0.25, 0.3) is 11.1 Å². The molecule has 0 spiro atoms. The Bertz CT molecular complexity index is 738. The highest BCUT2D eigenvalue weighted by Gasteiger charge is 2.16. The largest absolute Gasteiger partial charge is 0.755 e. The second kappa shape index (κ2) is 8.42. The third-order valence-corrected chi connectivity index (χ3v) is 3.76. The number of nitrogens with one attached hydrogen (secondary N) is 2. The standard InChI is InChI=1S/C16H19N3O4S/c1-2-3-7-18-13-8-12(16(20)21)9-14(19-24(22)23)15(13)11-5-4-6-17-10-11/h4-6,8-10,18-19H,2-3,7H2,1H3,(H,20,21)(H,22,23)/p-1. The van der Waals surface area contributed by atoms with Crippen molar-refractivity contribution >= 4 is 28.6 Å². The number of aromatic carboxylic acids is 1. The van der Waals surface area contributed by atoms with Gasteiger partial charge in [-0.3, -0.25) is 9.19 Å². The van der Waals surface area contributed by atoms with Gasteiger partial charge in [0, 0.05) is 47.0 Å². The molecule has 1 atom stereocenters. The Kier molecular flexibility index (Phi) is 6.28. The van der Waals surface area contributed by atoms with Crippen LogP contribution in [0, 0.1) is 0 Å². The van der Waals surface area contributed by atoms with Gasteiger partial charge in [-0.25, -0.2) is 4.79 Å². The van der Waals surface area contributed by atoms with E-state index in [4.69, 9.17) is 0 Å². The Labute approximate surface area is 142 Å². The van der Waals surface area contributed by atoms with Crippen molar-refractivity contribution in [1.29, 1.82) is 0 Å². The summed E-state index contributed by atoms with van der Waals surface area (Å²) in [5.41, 5.74) is 1.98. The first-order chi connectivity index (χ1) is 11.5. The van der Waals surface area contributed by atoms with Crippen LogP contribution < -0.4 is 10.0 Å². The van der Waals surface area contributed by atoms with Crippen LogP contribution in [0.15, 0.2) is 36.7 Å². The molecule has 1 heterocycles. The molecule has 2 rings (SSSR count). The summed E-state index contributed by atoms with van der Waals surface area (Å²) in [7, 11) is 0. The number of nitrogens with zero attached hydrogens (tertiary/aromatic N) is 1. The maximum Gasteiger partial charge on any atom is 0.335 e. The third-order valence-electron chi connectivity index (χ3n) is 3.37. The van der Waals surface area contributed by atoms with Crippen molar-refractivity contribution in [2.45, 2.75) is 19.8 Å². The molecule has 8 heteroatoms. The lowest BCUT2D eigenvalue weighted by Crippen LogP contribution is -2.10. The first-order valence-electron chi connectivity index (χ1n) is 7.44. The second-order valence-electron chi connectivity index (χ2n) is 5.11. The molecule has 0 amide bonds. The monoisotopic (exact) mass is 348 g/mol. The summed E-state index contributed by atoms with van der Waals surface area (Å²) in [6.45, 7) is 2.69. The second-order valence-corrected chi connectivity index (χ2v) is 5.78. The normalized spacial score (nSPS) is 11.8. The van der Waals surface area contributed by atoms with Gasteiger partial charge in [-0.1, -0.05) is 19.4 Å². The van der Waals surface area contributed by atoms with Crippen molar-refractivity contribution in [3.8, 4) is 11.1 Å². The van der Waals surface area contributed by atoms with E-state index in [1.54, 1.807) is 24.5 Å². The predicted molar refractivity (Wildman–Crippen MR) is 92.6 cm³/mol. The average Bonchev–Trinajstić information content (AvgIpc) is 2.55. The lowest BCUT2D eigenvalue weighted by molar-refractivity contribution is 0.0697. The van der Waals surface area contributed by atoms with Crippen molar-refractivity contribution in [2.24, 2.45) is 0 Å². The fourth-order valence-corrected chi connectivity index (χ4v) is 2.64. The molecule has 1 aromatic heterocycles. The summed E-state index contributed by atoms with van der Waals surface area (Å²) in [6.07, 6.45) is 5.08. The molecule has 0 aliphatic heterocycles. The van der Waals surface area contributed by atoms with Crippen LogP contribution in [0.1, 0.15) is 30.1 Å². The summed E-state index contributed by atoms with van der Waals surface area (Å²) in [6, 6.07) is 6.31. The van der Waals surface area contributed by atoms with Crippen molar-refractivity contribution in [2.75, 3.05) is 16.6 Å². The van der Waals surface area contributed by atoms with Gasteiger partial charge in [-0.2, -0.15) is 0 Å². The van der Waals surface area contributed by atoms with E-state index in [1.165, 1.54) is 12.1 Å². The molecule has 0 aliphatic rings. The molecule has 0 fully saturated rings. The number of pyridine rings is 1. The first kappa shape index (κ1) is 17.9. The number of rotatable bonds is 8. The van der Waals surface area contributed by atoms with Gasteiger partial charge in [0.15, 0.2) is 0 Å². The molecule has 2 aromatic rings. The van der Waals surface area contributed by atoms with Gasteiger partial charge in [0.2, 0.25) is 0 Å². The first-order valence-corrected chi connectivity index (χ1v) is 8.52. The van der Waals surface area contributed by atoms with Crippen molar-refractivity contribution in [3.63, 3.8) is 0 Å². The van der Waals surface area contributed by atoms with E-state index < -0.39 is 17.2 Å². The van der Waals surface area contributed by atoms with E-state index in [0.717, 1.165) is 12.8 Å². The number of benzene rings is 1. The van der Waals surface area contributed by atoms with Crippen molar-refractivity contribution < 1.29 is 18.7 Å². The van der Waals surface area contributed by atoms with E-state index in [2.05, 4.69) is 15.0 Å². The Morgan fingerprint density at radius 3 is 2.71 bits per heavy atom. The number of aromatic nitrogens is 1. The van der Waals surface area contributed by atoms with E-state index in [0.29, 0.717) is 23.4 Å². The highest BCUT2D eigenvalue weighted by atomic mass is 32.2. The molecular weight excluding hydrogens is 330 g/mol. The number of unbranched alkanes of at least 4 members (excludes halogenated alkanes) is 1. The highest BCUT2D eigenvalue weighted by molar-refractivity contribution is 7.80. The van der Waals surface area contributed by atoms with E-state index in [1.807, 2.05) is 6.92 Å². The van der Waals surface area contributed by atoms with Crippen LogP contribution in [0.2, 0.25) is 0 Å². The number of hydrogen-bond donors (Lipinski definition) is 3. The summed E-state index contributed by atoms with van der Waals surface area (Å²) >= 11 is -2.58. The van der Waals surface area contributed by atoms with Gasteiger partial charge in [0.05, 0.1) is 11.3 Å². The SMILES string of the molecule is CCCCNc1cc(C(=O)O)cc(NS(=O)[O-])c1-c1cccnc1. The van der Waals surface area contributed by atoms with Crippen molar-refractivity contribution in [3.05, 3.63) is 42.2 Å². The summed E-state index contributed by atoms with van der Waals surface area (Å²) in [5, 5.41) is 12.5. The fourth-order valence-electron chi connectivity index (χ4n) is 2.30. The highest BCUT2D eigenvalue weighted by Crippen LogP contribution is 2.36. The fraction of sp³-hybridized carbons (Fsp3) is 0.250. The van der Waals surface area contributed by atoms with Crippen LogP contribution in [0.4, 0.5) is 11.4 Å². The zero-order valence-corrected chi connectivity index (χ0v) is 13.9. The Morgan fingerprint density at radius 2 is 2.12 bits per heavy atom. The molecular formula is C16H18N3O4S-. The smallest absolute Gasteiger partial charge is 0.335 e. The van der Waals surface area contributed by atoms with Gasteiger partial charge < -0.3 is 19.7 Å². The van der Waals surface area contributed by atoms with Gasteiger partial charge >= 0.3 is 5.97 Å². The van der Waals surface area contributed by atoms with E-state index in [-0.39, 0.29) is 11.3 Å². The molecule has 128 valence electrons. The topological polar surface area (TPSA) is 114 Å². The van der Waals surface area contributed by atoms with Gasteiger partial charge in [0.1, 0.15) is 0 Å². The number of carbonyl (C=O) groups is 1. The van der Waals surface area contributed by atoms with Gasteiger partial charge in [0.25, 0.3) is 0 Å². The molecule has 0 saturated heterocycles. The number of hydrogen-bond acceptors (Lipinski definition) is 5. The summed E-state index contributed by atoms with van der Waals surface area (Å²) in [5.74, 6) is -1.13. The molecule has 1 unspecified atom stereocenters. The quantitative estimate of drug-likeness (QED) is 0.499. The van der Waals surface area contributed by atoms with Crippen LogP contribution in [0.3, 0.4) is 0 Å². The maximum absolute atomic E-state index is 11.3. The Balaban J connectivity index is 2.60. The molecule has 3 N–H and O–H groups in total. The predicted octanol–water partition coefficient (Wildman–Crippen LogP) is 2.86. The summed E-state index contributed by atoms with van der Waals surface area (Å²) < 4.78 is 24.5. The van der Waals surface area contributed by atoms with Gasteiger partial charge in [-0.05, 0) is 24.6 Å². The molecule has 1 aromatic carbocycles. The van der Waals surface area contributed by atoms with Crippen LogP contribution in [-0.2, 0) is 11.3 Å². The minimum atomic E-state index is -2.58. The molecule has 7 nitrogen and oxygen atoms in total. The zero-order valence-electron chi connectivity index (χ0n) is 13.1. The third kappa shape index (κ3) is 4.53. The molecule has 0 saturated carbocycles. The molecule has 0 aliphatic carbocycles. The lowest BCUT2D eigenvalue weighted by atomic mass is 10.00. The zero-order chi connectivity index (χ0) is 17.5. The van der Waals surface area contributed by atoms with E-state index >= 15 is 0 Å². The van der Waals surface area contributed by atoms with Crippen molar-refractivity contribution in [1.82, 2.24) is 4.98 Å². The van der Waals surface area contributed by atoms with Crippen LogP contribution in [0.5, 0.6) is 0 Å². The average molecular weight is 348 g/mol. The Hall–Kier alpha value is -2.45. The molecule has 0 radical (unpaired) electrons.